The van der Waals surface area contributed by atoms with Gasteiger partial charge in [0.15, 0.2) is 5.69 Å². The Morgan fingerprint density at radius 1 is 1.78 bits per heavy atom. The first-order valence-electron chi connectivity index (χ1n) is 2.36. The van der Waals surface area contributed by atoms with Gasteiger partial charge in [-0.25, -0.2) is 0 Å². The van der Waals surface area contributed by atoms with Crippen molar-refractivity contribution in [3.63, 3.8) is 0 Å². The van der Waals surface area contributed by atoms with Crippen molar-refractivity contribution >= 4 is 15.9 Å². The number of nitrogens with one attached hydrogen (secondary N) is 1. The topological polar surface area (TPSA) is 52.5 Å². The van der Waals surface area contributed by atoms with E-state index in [1.807, 2.05) is 13.0 Å². The Labute approximate surface area is 60.8 Å². The van der Waals surface area contributed by atoms with Gasteiger partial charge in [0.05, 0.1) is 4.47 Å². The molecule has 0 saturated heterocycles. The minimum atomic E-state index is 0.410. The van der Waals surface area contributed by atoms with E-state index >= 15 is 0 Å². The van der Waals surface area contributed by atoms with Crippen molar-refractivity contribution in [1.29, 1.82) is 5.26 Å². The number of aromatic amines is 1. The highest BCUT2D eigenvalue weighted by Crippen LogP contribution is 2.16. The molecule has 46 valence electrons. The van der Waals surface area contributed by atoms with Crippen molar-refractivity contribution in [3.8, 4) is 6.07 Å². The van der Waals surface area contributed by atoms with E-state index in [0.29, 0.717) is 5.69 Å². The Kier molecular flexibility index (Phi) is 1.54. The summed E-state index contributed by atoms with van der Waals surface area (Å²) < 4.78 is 0.755. The molecular formula is C5H4BrN3. The van der Waals surface area contributed by atoms with E-state index in [-0.39, 0.29) is 0 Å². The molecule has 9 heavy (non-hydrogen) atoms. The first-order valence-corrected chi connectivity index (χ1v) is 3.15. The molecule has 3 nitrogen and oxygen atoms in total. The third kappa shape index (κ3) is 0.958. The molecule has 1 rings (SSSR count). The van der Waals surface area contributed by atoms with Gasteiger partial charge in [-0.15, -0.1) is 0 Å². The molecule has 0 amide bonds. The molecule has 0 aliphatic rings. The van der Waals surface area contributed by atoms with E-state index in [2.05, 4.69) is 26.1 Å². The number of rotatable bonds is 0. The molecule has 0 radical (unpaired) electrons. The van der Waals surface area contributed by atoms with Gasteiger partial charge in [0.2, 0.25) is 0 Å². The van der Waals surface area contributed by atoms with Crippen LogP contribution >= 0.6 is 15.9 Å². The van der Waals surface area contributed by atoms with E-state index in [1.165, 1.54) is 0 Å². The molecule has 0 bridgehead atoms. The lowest BCUT2D eigenvalue weighted by molar-refractivity contribution is 1.03. The Balaban J connectivity index is 3.24. The lowest BCUT2D eigenvalue weighted by Gasteiger charge is -1.79. The third-order valence-electron chi connectivity index (χ3n) is 0.978. The smallest absolute Gasteiger partial charge is 0.176 e. The highest BCUT2D eigenvalue weighted by Gasteiger charge is 2.03. The number of hydrogen-bond acceptors (Lipinski definition) is 2. The summed E-state index contributed by atoms with van der Waals surface area (Å²) in [6.45, 7) is 1.85. The largest absolute Gasteiger partial charge is 0.280 e. The molecular weight excluding hydrogens is 182 g/mol. The Bertz CT molecular complexity index is 258. The normalized spacial score (nSPS) is 9.00. The van der Waals surface area contributed by atoms with Crippen molar-refractivity contribution in [1.82, 2.24) is 10.2 Å². The maximum Gasteiger partial charge on any atom is 0.176 e. The van der Waals surface area contributed by atoms with Gasteiger partial charge in [-0.3, -0.25) is 5.10 Å². The third-order valence-corrected chi connectivity index (χ3v) is 1.95. The fraction of sp³-hybridized carbons (Fsp3) is 0.200. The number of hydrogen-bond donors (Lipinski definition) is 1. The second-order valence-corrected chi connectivity index (χ2v) is 2.42. The van der Waals surface area contributed by atoms with Crippen LogP contribution in [0.4, 0.5) is 0 Å². The van der Waals surface area contributed by atoms with Gasteiger partial charge in [-0.05, 0) is 22.9 Å². The van der Waals surface area contributed by atoms with Crippen LogP contribution in [0.15, 0.2) is 4.47 Å². The van der Waals surface area contributed by atoms with Crippen LogP contribution < -0.4 is 0 Å². The summed E-state index contributed by atoms with van der Waals surface area (Å²) in [5, 5.41) is 14.7. The van der Waals surface area contributed by atoms with Gasteiger partial charge < -0.3 is 0 Å². The molecule has 0 aliphatic carbocycles. The summed E-state index contributed by atoms with van der Waals surface area (Å²) in [4.78, 5) is 0. The van der Waals surface area contributed by atoms with Crippen LogP contribution in [0.2, 0.25) is 0 Å². The maximum absolute atomic E-state index is 8.37. The molecule has 0 saturated carbocycles. The zero-order chi connectivity index (χ0) is 6.85. The maximum atomic E-state index is 8.37. The summed E-state index contributed by atoms with van der Waals surface area (Å²) >= 11 is 3.19. The van der Waals surface area contributed by atoms with Gasteiger partial charge in [0.25, 0.3) is 0 Å². The molecule has 0 aliphatic heterocycles. The Morgan fingerprint density at radius 2 is 2.44 bits per heavy atom. The van der Waals surface area contributed by atoms with Crippen LogP contribution in [0.5, 0.6) is 0 Å². The van der Waals surface area contributed by atoms with Crippen molar-refractivity contribution in [3.05, 3.63) is 15.9 Å². The monoisotopic (exact) mass is 185 g/mol. The zero-order valence-corrected chi connectivity index (χ0v) is 6.36. The quantitative estimate of drug-likeness (QED) is 0.664. The van der Waals surface area contributed by atoms with E-state index in [0.717, 1.165) is 10.2 Å². The molecule has 0 aromatic carbocycles. The van der Waals surface area contributed by atoms with Crippen LogP contribution in [-0.2, 0) is 0 Å². The van der Waals surface area contributed by atoms with Crippen LogP contribution in [0.1, 0.15) is 11.4 Å². The van der Waals surface area contributed by atoms with Crippen molar-refractivity contribution in [2.24, 2.45) is 0 Å². The van der Waals surface area contributed by atoms with Gasteiger partial charge in [-0.1, -0.05) is 0 Å². The van der Waals surface area contributed by atoms with Crippen LogP contribution in [0, 0.1) is 18.3 Å². The average Bonchev–Trinajstić information content (AvgIpc) is 2.15. The van der Waals surface area contributed by atoms with E-state index in [4.69, 9.17) is 5.26 Å². The predicted molar refractivity (Wildman–Crippen MR) is 35.7 cm³/mol. The first-order chi connectivity index (χ1) is 4.25. The lowest BCUT2D eigenvalue weighted by Crippen LogP contribution is -1.71. The fourth-order valence-corrected chi connectivity index (χ4v) is 0.756. The highest BCUT2D eigenvalue weighted by molar-refractivity contribution is 9.10. The standard InChI is InChI=1S/C5H4BrN3/c1-3-5(6)4(2-7)9-8-3/h1H3,(H,8,9). The molecule has 1 N–H and O–H groups in total. The molecule has 0 unspecified atom stereocenters. The minimum Gasteiger partial charge on any atom is -0.280 e. The second-order valence-electron chi connectivity index (χ2n) is 1.62. The molecule has 1 aromatic rings. The SMILES string of the molecule is Cc1[nH]nc(C#N)c1Br. The Hall–Kier alpha value is -0.820. The molecule has 0 fully saturated rings. The molecule has 0 atom stereocenters. The number of H-pyrrole nitrogens is 1. The van der Waals surface area contributed by atoms with Crippen LogP contribution in [0.25, 0.3) is 0 Å². The summed E-state index contributed by atoms with van der Waals surface area (Å²) in [6, 6.07) is 1.93. The lowest BCUT2D eigenvalue weighted by atomic mass is 10.4. The van der Waals surface area contributed by atoms with Crippen LogP contribution in [-0.4, -0.2) is 10.2 Å². The first kappa shape index (κ1) is 6.30. The van der Waals surface area contributed by atoms with Crippen molar-refractivity contribution < 1.29 is 0 Å². The van der Waals surface area contributed by atoms with Gasteiger partial charge in [0, 0.05) is 5.69 Å². The Morgan fingerprint density at radius 3 is 2.67 bits per heavy atom. The molecule has 0 spiro atoms. The van der Waals surface area contributed by atoms with Gasteiger partial charge in [0.1, 0.15) is 6.07 Å². The zero-order valence-electron chi connectivity index (χ0n) is 4.77. The summed E-state index contributed by atoms with van der Waals surface area (Å²) in [5.41, 5.74) is 1.29. The van der Waals surface area contributed by atoms with Gasteiger partial charge in [-0.2, -0.15) is 10.4 Å². The van der Waals surface area contributed by atoms with E-state index < -0.39 is 0 Å². The minimum absolute atomic E-state index is 0.410. The highest BCUT2D eigenvalue weighted by atomic mass is 79.9. The van der Waals surface area contributed by atoms with Crippen LogP contribution in [0.3, 0.4) is 0 Å². The summed E-state index contributed by atoms with van der Waals surface area (Å²) in [6.07, 6.45) is 0. The summed E-state index contributed by atoms with van der Waals surface area (Å²) in [5.74, 6) is 0. The molecule has 1 heterocycles. The molecule has 4 heteroatoms. The number of halogens is 1. The number of aromatic nitrogens is 2. The van der Waals surface area contributed by atoms with Crippen molar-refractivity contribution in [2.45, 2.75) is 6.92 Å². The second kappa shape index (κ2) is 2.19. The summed E-state index contributed by atoms with van der Waals surface area (Å²) in [7, 11) is 0. The number of nitriles is 1. The van der Waals surface area contributed by atoms with Gasteiger partial charge >= 0.3 is 0 Å². The number of nitrogens with zero attached hydrogens (tertiary/aromatic N) is 2. The fourth-order valence-electron chi connectivity index (χ4n) is 0.490. The number of aryl methyl sites for hydroxylation is 1. The average molecular weight is 186 g/mol. The molecule has 1 aromatic heterocycles. The van der Waals surface area contributed by atoms with E-state index in [1.54, 1.807) is 0 Å². The van der Waals surface area contributed by atoms with Crippen molar-refractivity contribution in [2.75, 3.05) is 0 Å². The predicted octanol–water partition coefficient (Wildman–Crippen LogP) is 1.35. The van der Waals surface area contributed by atoms with E-state index in [9.17, 15) is 0 Å².